The fourth-order valence-electron chi connectivity index (χ4n) is 8.47. The van der Waals surface area contributed by atoms with E-state index < -0.39 is 0 Å². The first kappa shape index (κ1) is 38.2. The Bertz CT molecular complexity index is 3040. The third-order valence-corrected chi connectivity index (χ3v) is 11.7. The highest BCUT2D eigenvalue weighted by atomic mass is 15.0. The van der Waals surface area contributed by atoms with Crippen molar-refractivity contribution in [2.24, 2.45) is 15.0 Å². The van der Waals surface area contributed by atoms with Crippen molar-refractivity contribution in [2.75, 3.05) is 0 Å². The summed E-state index contributed by atoms with van der Waals surface area (Å²) in [5, 5.41) is 0. The van der Waals surface area contributed by atoms with Crippen LogP contribution in [0.3, 0.4) is 0 Å². The van der Waals surface area contributed by atoms with E-state index in [4.69, 9.17) is 9.98 Å². The molecule has 0 amide bonds. The van der Waals surface area contributed by atoms with Crippen molar-refractivity contribution in [3.8, 4) is 66.8 Å². The molecule has 9 aromatic rings. The molecular weight excluding hydrogens is 751 g/mol. The van der Waals surface area contributed by atoms with Crippen LogP contribution in [0.2, 0.25) is 0 Å². The number of rotatable bonds is 9. The first-order chi connectivity index (χ1) is 30.6. The summed E-state index contributed by atoms with van der Waals surface area (Å²) in [5.74, 6) is 1.17. The van der Waals surface area contributed by atoms with Crippen molar-refractivity contribution in [1.82, 2.24) is 0 Å². The van der Waals surface area contributed by atoms with Crippen LogP contribution in [0.25, 0.3) is 66.8 Å². The van der Waals surface area contributed by atoms with Gasteiger partial charge in [0.1, 0.15) is 0 Å². The summed E-state index contributed by atoms with van der Waals surface area (Å²) < 4.78 is 0. The van der Waals surface area contributed by atoms with E-state index in [9.17, 15) is 0 Å². The molecule has 1 aliphatic carbocycles. The van der Waals surface area contributed by atoms with Gasteiger partial charge in [0.15, 0.2) is 11.7 Å². The van der Waals surface area contributed by atoms with E-state index in [2.05, 4.69) is 212 Å². The Balaban J connectivity index is 0.943. The zero-order valence-corrected chi connectivity index (χ0v) is 34.3. The molecule has 0 aliphatic heterocycles. The summed E-state index contributed by atoms with van der Waals surface area (Å²) >= 11 is 0. The smallest absolute Gasteiger partial charge is 0.161 e. The van der Waals surface area contributed by atoms with Crippen LogP contribution in [0, 0.1) is 0 Å². The van der Waals surface area contributed by atoms with E-state index >= 15 is 0 Å². The molecule has 0 aromatic heterocycles. The van der Waals surface area contributed by atoms with Crippen LogP contribution in [0.15, 0.2) is 239 Å². The molecule has 0 radical (unpaired) electrons. The van der Waals surface area contributed by atoms with Crippen molar-refractivity contribution < 1.29 is 0 Å². The third kappa shape index (κ3) is 8.12. The van der Waals surface area contributed by atoms with Crippen molar-refractivity contribution in [3.05, 3.63) is 252 Å². The van der Waals surface area contributed by atoms with E-state index in [1.165, 1.54) is 72.3 Å². The Labute approximate surface area is 363 Å². The second kappa shape index (κ2) is 17.3. The lowest BCUT2D eigenvalue weighted by Gasteiger charge is -2.13. The lowest BCUT2D eigenvalue weighted by Crippen LogP contribution is -2.06. The molecule has 10 rings (SSSR count). The molecule has 62 heavy (non-hydrogen) atoms. The number of nitrogens with zero attached hydrogens (tertiary/aromatic N) is 3. The number of fused-ring (bicyclic) bond motifs is 3. The van der Waals surface area contributed by atoms with Gasteiger partial charge in [-0.1, -0.05) is 194 Å². The number of hydrogen-bond donors (Lipinski definition) is 0. The molecule has 3 nitrogen and oxygen atoms in total. The molecule has 3 heteroatoms. The fraction of sp³-hybridized carbons (Fsp3) is 0.0339. The maximum Gasteiger partial charge on any atom is 0.161 e. The maximum atomic E-state index is 5.10. The summed E-state index contributed by atoms with van der Waals surface area (Å²) in [6.45, 7) is 4.47. The highest BCUT2D eigenvalue weighted by Gasteiger charge is 2.21. The van der Waals surface area contributed by atoms with Gasteiger partial charge >= 0.3 is 0 Å². The van der Waals surface area contributed by atoms with Crippen LogP contribution in [0.5, 0.6) is 0 Å². The summed E-state index contributed by atoms with van der Waals surface area (Å²) in [5.41, 5.74) is 19.9. The standard InChI is InChI=1S/C59H43N3/c1-60-58(62-59(61-40-41-15-6-2-7-16-41)46-27-25-45(26-28-46)42-17-8-3-9-18-42)50-30-32-57-55(35-50)39-54-34-49(29-31-56(54)57)47-23-14-24-48(33-47)53-37-51(43-19-10-4-11-20-43)36-52(38-53)44-21-12-5-13-22-44/h2-38H,1,39-40H2. The summed E-state index contributed by atoms with van der Waals surface area (Å²) in [7, 11) is 0. The van der Waals surface area contributed by atoms with Gasteiger partial charge in [0, 0.05) is 11.1 Å². The fourth-order valence-corrected chi connectivity index (χ4v) is 8.47. The quantitative estimate of drug-likeness (QED) is 0.103. The number of benzene rings is 9. The van der Waals surface area contributed by atoms with Crippen LogP contribution >= 0.6 is 0 Å². The van der Waals surface area contributed by atoms with Crippen LogP contribution in [-0.4, -0.2) is 18.4 Å². The monoisotopic (exact) mass is 793 g/mol. The molecule has 0 atom stereocenters. The largest absolute Gasteiger partial charge is 0.261 e. The van der Waals surface area contributed by atoms with Gasteiger partial charge in [-0.3, -0.25) is 4.99 Å². The van der Waals surface area contributed by atoms with Crippen LogP contribution < -0.4 is 0 Å². The summed E-state index contributed by atoms with van der Waals surface area (Å²) in [6, 6.07) is 79.7. The summed E-state index contributed by atoms with van der Waals surface area (Å²) in [6.07, 6.45) is 0.825. The van der Waals surface area contributed by atoms with E-state index in [1.54, 1.807) is 0 Å². The number of amidine groups is 2. The molecule has 0 unspecified atom stereocenters. The van der Waals surface area contributed by atoms with Gasteiger partial charge in [0.25, 0.3) is 0 Å². The first-order valence-electron chi connectivity index (χ1n) is 21.1. The zero-order chi connectivity index (χ0) is 41.7. The van der Waals surface area contributed by atoms with Gasteiger partial charge in [0.05, 0.1) is 6.54 Å². The minimum absolute atomic E-state index is 0.504. The molecule has 294 valence electrons. The normalized spacial score (nSPS) is 12.1. The molecule has 0 bridgehead atoms. The predicted octanol–water partition coefficient (Wildman–Crippen LogP) is 14.7. The van der Waals surface area contributed by atoms with E-state index in [1.807, 2.05) is 24.3 Å². The Morgan fingerprint density at radius 2 is 0.774 bits per heavy atom. The van der Waals surface area contributed by atoms with E-state index in [0.717, 1.165) is 28.7 Å². The molecule has 0 fully saturated rings. The minimum Gasteiger partial charge on any atom is -0.261 e. The molecule has 0 N–H and O–H groups in total. The third-order valence-electron chi connectivity index (χ3n) is 11.7. The second-order valence-electron chi connectivity index (χ2n) is 15.7. The predicted molar refractivity (Wildman–Crippen MR) is 261 cm³/mol. The van der Waals surface area contributed by atoms with E-state index in [0.29, 0.717) is 18.2 Å². The molecule has 0 saturated heterocycles. The lowest BCUT2D eigenvalue weighted by atomic mass is 9.92. The SMILES string of the molecule is C=NC(=NC(=NCc1ccccc1)c1ccc(-c2ccccc2)cc1)c1ccc2c(c1)Cc1cc(-c3cccc(-c4cc(-c5ccccc5)cc(-c5ccccc5)c4)c3)ccc1-2. The molecule has 0 spiro atoms. The van der Waals surface area contributed by atoms with Gasteiger partial charge in [-0.2, -0.15) is 0 Å². The van der Waals surface area contributed by atoms with Gasteiger partial charge in [-0.05, 0) is 127 Å². The highest BCUT2D eigenvalue weighted by Crippen LogP contribution is 2.40. The summed E-state index contributed by atoms with van der Waals surface area (Å²) in [4.78, 5) is 14.6. The Kier molecular flexibility index (Phi) is 10.7. The molecule has 0 saturated carbocycles. The Hall–Kier alpha value is -8.01. The Morgan fingerprint density at radius 1 is 0.355 bits per heavy atom. The minimum atomic E-state index is 0.504. The Morgan fingerprint density at radius 3 is 1.37 bits per heavy atom. The van der Waals surface area contributed by atoms with Crippen molar-refractivity contribution in [2.45, 2.75) is 13.0 Å². The topological polar surface area (TPSA) is 37.1 Å². The highest BCUT2D eigenvalue weighted by molar-refractivity contribution is 6.13. The molecule has 9 aromatic carbocycles. The molecule has 1 aliphatic rings. The molecular formula is C59H43N3. The van der Waals surface area contributed by atoms with E-state index in [-0.39, 0.29) is 0 Å². The van der Waals surface area contributed by atoms with Gasteiger partial charge < -0.3 is 0 Å². The molecule has 0 heterocycles. The van der Waals surface area contributed by atoms with Crippen molar-refractivity contribution >= 4 is 18.4 Å². The number of aliphatic imine (C=N–C) groups is 3. The van der Waals surface area contributed by atoms with Crippen LogP contribution in [0.4, 0.5) is 0 Å². The first-order valence-corrected chi connectivity index (χ1v) is 21.1. The zero-order valence-electron chi connectivity index (χ0n) is 34.3. The van der Waals surface area contributed by atoms with Crippen LogP contribution in [0.1, 0.15) is 27.8 Å². The van der Waals surface area contributed by atoms with Gasteiger partial charge in [0.2, 0.25) is 0 Å². The van der Waals surface area contributed by atoms with Crippen molar-refractivity contribution in [1.29, 1.82) is 0 Å². The average molecular weight is 794 g/mol. The van der Waals surface area contributed by atoms with Gasteiger partial charge in [-0.15, -0.1) is 0 Å². The second-order valence-corrected chi connectivity index (χ2v) is 15.7. The average Bonchev–Trinajstić information content (AvgIpc) is 3.72. The lowest BCUT2D eigenvalue weighted by molar-refractivity contribution is 1.06. The van der Waals surface area contributed by atoms with Gasteiger partial charge in [-0.25, -0.2) is 9.98 Å². The van der Waals surface area contributed by atoms with Crippen molar-refractivity contribution in [3.63, 3.8) is 0 Å². The maximum absolute atomic E-state index is 5.10. The number of hydrogen-bond acceptors (Lipinski definition) is 1. The van der Waals surface area contributed by atoms with Crippen LogP contribution in [-0.2, 0) is 13.0 Å².